The molecular formula is C16H15F2N3O3. The molecule has 1 fully saturated rings. The van der Waals surface area contributed by atoms with Crippen LogP contribution in [0.1, 0.15) is 23.7 Å². The summed E-state index contributed by atoms with van der Waals surface area (Å²) >= 11 is 0. The molecule has 8 heteroatoms. The summed E-state index contributed by atoms with van der Waals surface area (Å²) in [5, 5.41) is 2.60. The Hall–Kier alpha value is -2.61. The van der Waals surface area contributed by atoms with Gasteiger partial charge in [0.1, 0.15) is 11.9 Å². The summed E-state index contributed by atoms with van der Waals surface area (Å²) < 4.78 is 35.3. The topological polar surface area (TPSA) is 72.3 Å². The van der Waals surface area contributed by atoms with Gasteiger partial charge in [-0.25, -0.2) is 9.98 Å². The van der Waals surface area contributed by atoms with Gasteiger partial charge in [-0.2, -0.15) is 0 Å². The number of allylic oxidation sites excluding steroid dienone is 1. The van der Waals surface area contributed by atoms with Gasteiger partial charge in [0.25, 0.3) is 5.91 Å². The second-order valence-electron chi connectivity index (χ2n) is 5.38. The summed E-state index contributed by atoms with van der Waals surface area (Å²) in [6, 6.07) is 8.20. The maximum Gasteiger partial charge on any atom is 0.535 e. The van der Waals surface area contributed by atoms with Gasteiger partial charge in [0.05, 0.1) is 6.04 Å². The number of fused-ring (bicyclic) bond motifs is 1. The highest BCUT2D eigenvalue weighted by molar-refractivity contribution is 6.07. The number of carbonyl (C=O) groups is 1. The van der Waals surface area contributed by atoms with E-state index in [0.29, 0.717) is 5.56 Å². The normalized spacial score (nSPS) is 27.5. The fourth-order valence-corrected chi connectivity index (χ4v) is 2.37. The Morgan fingerprint density at radius 3 is 2.83 bits per heavy atom. The Balaban J connectivity index is 1.77. The monoisotopic (exact) mass is 335 g/mol. The summed E-state index contributed by atoms with van der Waals surface area (Å²) in [5.74, 6) is -0.272. The zero-order valence-electron chi connectivity index (χ0n) is 12.8. The minimum atomic E-state index is -3.64. The van der Waals surface area contributed by atoms with Crippen molar-refractivity contribution in [3.05, 3.63) is 47.7 Å². The van der Waals surface area contributed by atoms with Gasteiger partial charge in [-0.05, 0) is 25.1 Å². The summed E-state index contributed by atoms with van der Waals surface area (Å²) in [5.41, 5.74) is 0.462. The maximum absolute atomic E-state index is 13.2. The quantitative estimate of drug-likeness (QED) is 0.857. The first-order valence-corrected chi connectivity index (χ1v) is 7.36. The number of hydrogen-bond donors (Lipinski definition) is 1. The van der Waals surface area contributed by atoms with Crippen molar-refractivity contribution < 1.29 is 23.0 Å². The molecule has 0 saturated carbocycles. The molecule has 1 aromatic rings. The lowest BCUT2D eigenvalue weighted by Crippen LogP contribution is -2.30. The fourth-order valence-electron chi connectivity index (χ4n) is 2.37. The van der Waals surface area contributed by atoms with Gasteiger partial charge in [-0.15, -0.1) is 8.78 Å². The van der Waals surface area contributed by atoms with E-state index in [1.54, 1.807) is 37.3 Å². The third-order valence-electron chi connectivity index (χ3n) is 3.43. The number of rotatable bonds is 1. The molecule has 126 valence electrons. The van der Waals surface area contributed by atoms with Crippen LogP contribution in [0.25, 0.3) is 0 Å². The van der Waals surface area contributed by atoms with E-state index in [-0.39, 0.29) is 24.0 Å². The summed E-state index contributed by atoms with van der Waals surface area (Å²) in [4.78, 5) is 20.4. The van der Waals surface area contributed by atoms with E-state index in [1.165, 1.54) is 12.3 Å². The highest BCUT2D eigenvalue weighted by Crippen LogP contribution is 2.36. The zero-order valence-corrected chi connectivity index (χ0v) is 12.8. The van der Waals surface area contributed by atoms with Gasteiger partial charge in [-0.3, -0.25) is 14.8 Å². The van der Waals surface area contributed by atoms with Gasteiger partial charge >= 0.3 is 6.29 Å². The Morgan fingerprint density at radius 1 is 1.33 bits per heavy atom. The van der Waals surface area contributed by atoms with E-state index >= 15 is 0 Å². The average molecular weight is 335 g/mol. The predicted octanol–water partition coefficient (Wildman–Crippen LogP) is 2.49. The van der Waals surface area contributed by atoms with Gasteiger partial charge in [0, 0.05) is 18.2 Å². The first kappa shape index (κ1) is 16.3. The van der Waals surface area contributed by atoms with Crippen molar-refractivity contribution in [2.75, 3.05) is 0 Å². The number of guanidine groups is 1. The van der Waals surface area contributed by atoms with Crippen molar-refractivity contribution in [3.63, 3.8) is 0 Å². The molecule has 6 nitrogen and oxygen atoms in total. The molecule has 1 N–H and O–H groups in total. The molecule has 24 heavy (non-hydrogen) atoms. The number of nitrogens with zero attached hydrogens (tertiary/aromatic N) is 2. The van der Waals surface area contributed by atoms with Crippen molar-refractivity contribution in [1.82, 2.24) is 5.32 Å². The predicted molar refractivity (Wildman–Crippen MR) is 82.9 cm³/mol. The zero-order chi connectivity index (χ0) is 17.2. The Labute approximate surface area is 136 Å². The molecule has 2 aliphatic rings. The van der Waals surface area contributed by atoms with Crippen LogP contribution in [0.15, 0.2) is 52.2 Å². The molecular weight excluding hydrogens is 320 g/mol. The van der Waals surface area contributed by atoms with E-state index in [9.17, 15) is 13.6 Å². The molecule has 0 aromatic heterocycles. The van der Waals surface area contributed by atoms with E-state index in [2.05, 4.69) is 24.8 Å². The van der Waals surface area contributed by atoms with E-state index in [0.717, 1.165) is 0 Å². The van der Waals surface area contributed by atoms with Crippen molar-refractivity contribution in [1.29, 1.82) is 0 Å². The number of ether oxygens (including phenoxy) is 2. The van der Waals surface area contributed by atoms with Gasteiger partial charge in [-0.1, -0.05) is 18.2 Å². The number of nitrogens with one attached hydrogen (secondary N) is 1. The van der Waals surface area contributed by atoms with E-state index < -0.39 is 18.4 Å². The number of aliphatic imine (C=N–C) groups is 2. The van der Waals surface area contributed by atoms with Crippen LogP contribution < -0.4 is 5.32 Å². The SMILES string of the molecule is CC1CC2OC(F)(F)O/C2=C/C=NC(NC(=O)c2ccccc2)=N1. The molecule has 2 unspecified atom stereocenters. The van der Waals surface area contributed by atoms with E-state index in [4.69, 9.17) is 0 Å². The largest absolute Gasteiger partial charge is 0.535 e. The molecule has 2 aliphatic heterocycles. The number of alkyl halides is 2. The maximum atomic E-state index is 13.2. The second-order valence-corrected chi connectivity index (χ2v) is 5.38. The Morgan fingerprint density at radius 2 is 2.08 bits per heavy atom. The number of benzene rings is 1. The average Bonchev–Trinajstić information content (AvgIpc) is 2.83. The first-order valence-electron chi connectivity index (χ1n) is 7.36. The molecule has 3 rings (SSSR count). The molecule has 0 aliphatic carbocycles. The smallest absolute Gasteiger partial charge is 0.411 e. The number of halogens is 2. The van der Waals surface area contributed by atoms with Crippen LogP contribution in [0.5, 0.6) is 0 Å². The summed E-state index contributed by atoms with van der Waals surface area (Å²) in [6.07, 6.45) is -1.84. The van der Waals surface area contributed by atoms with Crippen molar-refractivity contribution in [3.8, 4) is 0 Å². The third kappa shape index (κ3) is 3.83. The number of carbonyl (C=O) groups excluding carboxylic acids is 1. The minimum absolute atomic E-state index is 0.0126. The fraction of sp³-hybridized carbons (Fsp3) is 0.312. The van der Waals surface area contributed by atoms with Gasteiger partial charge in [0.2, 0.25) is 5.96 Å². The van der Waals surface area contributed by atoms with Crippen LogP contribution in [0.3, 0.4) is 0 Å². The van der Waals surface area contributed by atoms with Crippen LogP contribution in [-0.4, -0.2) is 36.5 Å². The lowest BCUT2D eigenvalue weighted by Gasteiger charge is -2.12. The molecule has 2 heterocycles. The second kappa shape index (κ2) is 6.48. The number of amides is 1. The molecule has 1 amide bonds. The summed E-state index contributed by atoms with van der Waals surface area (Å²) in [6.45, 7) is 1.72. The van der Waals surface area contributed by atoms with Crippen molar-refractivity contribution >= 4 is 18.1 Å². The molecule has 1 saturated heterocycles. The van der Waals surface area contributed by atoms with E-state index in [1.807, 2.05) is 0 Å². The highest BCUT2D eigenvalue weighted by atomic mass is 19.3. The highest BCUT2D eigenvalue weighted by Gasteiger charge is 2.47. The van der Waals surface area contributed by atoms with Crippen LogP contribution in [0, 0.1) is 0 Å². The lowest BCUT2D eigenvalue weighted by molar-refractivity contribution is -0.342. The van der Waals surface area contributed by atoms with Crippen LogP contribution in [-0.2, 0) is 9.47 Å². The number of hydrogen-bond acceptors (Lipinski definition) is 5. The van der Waals surface area contributed by atoms with Crippen molar-refractivity contribution in [2.45, 2.75) is 31.8 Å². The minimum Gasteiger partial charge on any atom is -0.411 e. The molecule has 0 radical (unpaired) electrons. The third-order valence-corrected chi connectivity index (χ3v) is 3.43. The first-order chi connectivity index (χ1) is 11.4. The Kier molecular flexibility index (Phi) is 4.39. The molecule has 0 spiro atoms. The lowest BCUT2D eigenvalue weighted by atomic mass is 10.1. The van der Waals surface area contributed by atoms with Gasteiger partial charge in [0.15, 0.2) is 0 Å². The van der Waals surface area contributed by atoms with Crippen LogP contribution in [0.2, 0.25) is 0 Å². The standard InChI is InChI=1S/C16H15F2N3O3/c1-10-9-13-12(23-16(17,18)24-13)7-8-19-15(20-10)21-14(22)11-5-3-2-4-6-11/h2-8,10,13H,9H2,1H3,(H,20,21,22)/b12-7+,19-8?. The Bertz CT molecular complexity index is 717. The molecule has 0 bridgehead atoms. The van der Waals surface area contributed by atoms with Crippen LogP contribution in [0.4, 0.5) is 8.78 Å². The molecule has 1 aromatic carbocycles. The van der Waals surface area contributed by atoms with Gasteiger partial charge < -0.3 is 4.74 Å². The van der Waals surface area contributed by atoms with Crippen molar-refractivity contribution in [2.24, 2.45) is 9.98 Å². The summed E-state index contributed by atoms with van der Waals surface area (Å²) in [7, 11) is 0. The molecule has 2 atom stereocenters. The van der Waals surface area contributed by atoms with Crippen LogP contribution >= 0.6 is 0 Å².